The van der Waals surface area contributed by atoms with Gasteiger partial charge in [-0.15, -0.1) is 0 Å². The van der Waals surface area contributed by atoms with Crippen LogP contribution in [0.3, 0.4) is 0 Å². The second kappa shape index (κ2) is 5.68. The predicted molar refractivity (Wildman–Crippen MR) is 70.8 cm³/mol. The van der Waals surface area contributed by atoms with Gasteiger partial charge in [-0.3, -0.25) is 0 Å². The quantitative estimate of drug-likeness (QED) is 0.788. The first-order chi connectivity index (χ1) is 7.75. The molecule has 3 atom stereocenters. The Morgan fingerprint density at radius 1 is 1.24 bits per heavy atom. The van der Waals surface area contributed by atoms with E-state index >= 15 is 0 Å². The first kappa shape index (κ1) is 14.9. The number of hydrogen-bond acceptors (Lipinski definition) is 3. The van der Waals surface area contributed by atoms with Crippen LogP contribution in [0.1, 0.15) is 34.6 Å². The van der Waals surface area contributed by atoms with Crippen molar-refractivity contribution in [3.63, 3.8) is 0 Å². The Bertz CT molecular complexity index is 235. The second-order valence-electron chi connectivity index (χ2n) is 6.94. The highest BCUT2D eigenvalue weighted by molar-refractivity contribution is 4.92. The van der Waals surface area contributed by atoms with E-state index in [4.69, 9.17) is 5.11 Å². The number of hydrogen-bond donors (Lipinski definition) is 2. The molecule has 0 aliphatic carbocycles. The summed E-state index contributed by atoms with van der Waals surface area (Å²) < 4.78 is 0. The summed E-state index contributed by atoms with van der Waals surface area (Å²) in [5.74, 6) is 2.05. The molecule has 0 aromatic rings. The maximum absolute atomic E-state index is 9.54. The number of aliphatic hydroxyl groups is 2. The van der Waals surface area contributed by atoms with E-state index in [0.717, 1.165) is 13.1 Å². The molecule has 102 valence electrons. The van der Waals surface area contributed by atoms with Gasteiger partial charge in [0.25, 0.3) is 0 Å². The van der Waals surface area contributed by atoms with Gasteiger partial charge in [-0.2, -0.15) is 0 Å². The molecule has 0 radical (unpaired) electrons. The average Bonchev–Trinajstić information content (AvgIpc) is 2.61. The molecule has 3 nitrogen and oxygen atoms in total. The summed E-state index contributed by atoms with van der Waals surface area (Å²) in [5.41, 5.74) is 0.313. The minimum absolute atomic E-state index is 0.136. The Labute approximate surface area is 106 Å². The highest BCUT2D eigenvalue weighted by Gasteiger charge is 2.41. The molecule has 1 aliphatic rings. The molecule has 0 amide bonds. The van der Waals surface area contributed by atoms with E-state index in [9.17, 15) is 5.11 Å². The highest BCUT2D eigenvalue weighted by Crippen LogP contribution is 2.41. The molecule has 0 aromatic heterocycles. The monoisotopic (exact) mass is 243 g/mol. The van der Waals surface area contributed by atoms with Gasteiger partial charge in [0.15, 0.2) is 0 Å². The Kier molecular flexibility index (Phi) is 4.99. The zero-order valence-corrected chi connectivity index (χ0v) is 12.0. The summed E-state index contributed by atoms with van der Waals surface area (Å²) in [6, 6.07) is 0. The van der Waals surface area contributed by atoms with Crippen molar-refractivity contribution in [3.8, 4) is 0 Å². The van der Waals surface area contributed by atoms with Crippen LogP contribution >= 0.6 is 0 Å². The fourth-order valence-electron chi connectivity index (χ4n) is 3.01. The van der Waals surface area contributed by atoms with Crippen LogP contribution in [0.15, 0.2) is 0 Å². The molecular formula is C14H29NO2. The van der Waals surface area contributed by atoms with Gasteiger partial charge in [-0.05, 0) is 23.2 Å². The zero-order chi connectivity index (χ0) is 13.2. The van der Waals surface area contributed by atoms with Gasteiger partial charge in [-0.25, -0.2) is 0 Å². The fraction of sp³-hybridized carbons (Fsp3) is 1.00. The molecule has 1 saturated heterocycles. The summed E-state index contributed by atoms with van der Waals surface area (Å²) in [6.45, 7) is 14.1. The molecule has 2 N–H and O–H groups in total. The van der Waals surface area contributed by atoms with E-state index in [0.29, 0.717) is 29.7 Å². The van der Waals surface area contributed by atoms with E-state index in [-0.39, 0.29) is 6.61 Å². The van der Waals surface area contributed by atoms with Gasteiger partial charge in [0, 0.05) is 19.6 Å². The molecule has 0 bridgehead atoms. The minimum atomic E-state index is -0.596. The maximum atomic E-state index is 9.54. The van der Waals surface area contributed by atoms with Crippen LogP contribution in [0.2, 0.25) is 0 Å². The van der Waals surface area contributed by atoms with Crippen molar-refractivity contribution in [1.29, 1.82) is 0 Å². The van der Waals surface area contributed by atoms with Crippen LogP contribution in [0.5, 0.6) is 0 Å². The molecular weight excluding hydrogens is 214 g/mol. The molecule has 1 rings (SSSR count). The molecule has 1 heterocycles. The fourth-order valence-corrected chi connectivity index (χ4v) is 3.01. The molecule has 0 aromatic carbocycles. The van der Waals surface area contributed by atoms with E-state index < -0.39 is 6.10 Å². The van der Waals surface area contributed by atoms with E-state index in [2.05, 4.69) is 39.5 Å². The Morgan fingerprint density at radius 2 is 1.82 bits per heavy atom. The Balaban J connectivity index is 2.66. The Hall–Kier alpha value is -0.120. The normalized spacial score (nSPS) is 28.9. The van der Waals surface area contributed by atoms with Crippen LogP contribution in [-0.2, 0) is 0 Å². The summed E-state index contributed by atoms with van der Waals surface area (Å²) in [6.07, 6.45) is -0.596. The van der Waals surface area contributed by atoms with Gasteiger partial charge < -0.3 is 15.1 Å². The number of nitrogens with zero attached hydrogens (tertiary/aromatic N) is 1. The lowest BCUT2D eigenvalue weighted by Gasteiger charge is -2.33. The predicted octanol–water partition coefficient (Wildman–Crippen LogP) is 1.59. The topological polar surface area (TPSA) is 43.7 Å². The lowest BCUT2D eigenvalue weighted by Crippen LogP contribution is -2.34. The smallest absolute Gasteiger partial charge is 0.0897 e. The summed E-state index contributed by atoms with van der Waals surface area (Å²) >= 11 is 0. The van der Waals surface area contributed by atoms with Gasteiger partial charge in [0.2, 0.25) is 0 Å². The second-order valence-corrected chi connectivity index (χ2v) is 6.94. The van der Waals surface area contributed by atoms with Crippen molar-refractivity contribution in [2.24, 2.45) is 23.2 Å². The van der Waals surface area contributed by atoms with E-state index in [1.807, 2.05) is 0 Å². The van der Waals surface area contributed by atoms with Crippen molar-refractivity contribution >= 4 is 0 Å². The average molecular weight is 243 g/mol. The van der Waals surface area contributed by atoms with Crippen molar-refractivity contribution < 1.29 is 10.2 Å². The van der Waals surface area contributed by atoms with Crippen molar-refractivity contribution in [1.82, 2.24) is 4.90 Å². The van der Waals surface area contributed by atoms with E-state index in [1.165, 1.54) is 0 Å². The van der Waals surface area contributed by atoms with Crippen LogP contribution < -0.4 is 0 Å². The number of rotatable bonds is 4. The van der Waals surface area contributed by atoms with Crippen LogP contribution in [0.25, 0.3) is 0 Å². The first-order valence-corrected chi connectivity index (χ1v) is 6.77. The molecule has 1 aliphatic heterocycles. The largest absolute Gasteiger partial charge is 0.394 e. The lowest BCUT2D eigenvalue weighted by atomic mass is 9.71. The van der Waals surface area contributed by atoms with Crippen molar-refractivity contribution in [3.05, 3.63) is 0 Å². The van der Waals surface area contributed by atoms with Crippen LogP contribution in [0, 0.1) is 23.2 Å². The standard InChI is InChI=1S/C14H29NO2/c1-10(2)12-7-15(6-11(17)9-16)8-13(12)14(3,4)5/h10-13,16-17H,6-9H2,1-5H3. The third-order valence-electron chi connectivity index (χ3n) is 4.09. The van der Waals surface area contributed by atoms with Crippen molar-refractivity contribution in [2.75, 3.05) is 26.2 Å². The van der Waals surface area contributed by atoms with Crippen molar-refractivity contribution in [2.45, 2.75) is 40.7 Å². The third-order valence-corrected chi connectivity index (χ3v) is 4.09. The maximum Gasteiger partial charge on any atom is 0.0897 e. The number of β-amino-alcohol motifs (C(OH)–C–C–N with tert-alkyl or cyclic N) is 1. The highest BCUT2D eigenvalue weighted by atomic mass is 16.3. The van der Waals surface area contributed by atoms with Gasteiger partial charge in [-0.1, -0.05) is 34.6 Å². The van der Waals surface area contributed by atoms with Crippen LogP contribution in [-0.4, -0.2) is 47.5 Å². The number of likely N-dealkylation sites (tertiary alicyclic amines) is 1. The SMILES string of the molecule is CC(C)C1CN(CC(O)CO)CC1C(C)(C)C. The molecule has 3 heteroatoms. The third kappa shape index (κ3) is 3.94. The first-order valence-electron chi connectivity index (χ1n) is 6.77. The molecule has 1 fully saturated rings. The Morgan fingerprint density at radius 3 is 2.18 bits per heavy atom. The van der Waals surface area contributed by atoms with Crippen LogP contribution in [0.4, 0.5) is 0 Å². The molecule has 0 spiro atoms. The summed E-state index contributed by atoms with van der Waals surface area (Å²) in [7, 11) is 0. The molecule has 17 heavy (non-hydrogen) atoms. The van der Waals surface area contributed by atoms with Gasteiger partial charge in [0.05, 0.1) is 12.7 Å². The van der Waals surface area contributed by atoms with Gasteiger partial charge >= 0.3 is 0 Å². The number of aliphatic hydroxyl groups excluding tert-OH is 2. The lowest BCUT2D eigenvalue weighted by molar-refractivity contribution is 0.0629. The van der Waals surface area contributed by atoms with E-state index in [1.54, 1.807) is 0 Å². The summed E-state index contributed by atoms with van der Waals surface area (Å²) in [5, 5.41) is 18.5. The minimum Gasteiger partial charge on any atom is -0.394 e. The summed E-state index contributed by atoms with van der Waals surface area (Å²) in [4.78, 5) is 2.31. The molecule has 3 unspecified atom stereocenters. The zero-order valence-electron chi connectivity index (χ0n) is 12.0. The molecule has 0 saturated carbocycles. The van der Waals surface area contributed by atoms with Gasteiger partial charge in [0.1, 0.15) is 0 Å².